The number of aromatic hydroxyl groups is 1. The van der Waals surface area contributed by atoms with Crippen molar-refractivity contribution in [2.75, 3.05) is 6.54 Å². The molecule has 1 aliphatic carbocycles. The number of nitriles is 1. The first-order valence-electron chi connectivity index (χ1n) is 12.4. The minimum atomic E-state index is -0.421. The summed E-state index contributed by atoms with van der Waals surface area (Å²) in [5, 5.41) is 20.7. The minimum Gasteiger partial charge on any atom is -0.493 e. The second-order valence-corrected chi connectivity index (χ2v) is 11.1. The van der Waals surface area contributed by atoms with Crippen molar-refractivity contribution in [3.8, 4) is 17.6 Å². The number of aromatic nitrogens is 2. The predicted octanol–water partition coefficient (Wildman–Crippen LogP) is 5.08. The van der Waals surface area contributed by atoms with Crippen molar-refractivity contribution in [2.45, 2.75) is 71.6 Å². The number of hydrogen-bond acceptors (Lipinski definition) is 5. The lowest BCUT2D eigenvalue weighted by Gasteiger charge is -2.38. The lowest BCUT2D eigenvalue weighted by atomic mass is 9.75. The van der Waals surface area contributed by atoms with Crippen LogP contribution in [0, 0.1) is 36.0 Å². The van der Waals surface area contributed by atoms with Gasteiger partial charge in [0, 0.05) is 6.54 Å². The number of hydrogen-bond donors (Lipinski definition) is 1. The van der Waals surface area contributed by atoms with E-state index < -0.39 is 6.04 Å². The molecule has 1 saturated carbocycles. The van der Waals surface area contributed by atoms with Crippen molar-refractivity contribution >= 4 is 17.7 Å². The topological polar surface area (TPSA) is 100 Å². The smallest absolute Gasteiger partial charge is 0.410 e. The molecule has 186 valence electrons. The molecule has 2 unspecified atom stereocenters. The summed E-state index contributed by atoms with van der Waals surface area (Å²) in [7, 11) is 0. The number of fused-ring (bicyclic) bond motifs is 5. The first-order valence-corrected chi connectivity index (χ1v) is 12.7. The van der Waals surface area contributed by atoms with Crippen molar-refractivity contribution in [3.63, 3.8) is 0 Å². The third-order valence-electron chi connectivity index (χ3n) is 8.22. The highest BCUT2D eigenvalue weighted by Gasteiger charge is 2.50. The van der Waals surface area contributed by atoms with E-state index in [1.54, 1.807) is 22.5 Å². The van der Waals surface area contributed by atoms with Crippen LogP contribution in [-0.2, 0) is 4.74 Å². The zero-order valence-electron chi connectivity index (χ0n) is 20.5. The predicted molar refractivity (Wildman–Crippen MR) is 131 cm³/mol. The van der Waals surface area contributed by atoms with Crippen molar-refractivity contribution in [1.82, 2.24) is 14.0 Å². The van der Waals surface area contributed by atoms with Crippen molar-refractivity contribution < 1.29 is 14.6 Å². The average Bonchev–Trinajstić information content (AvgIpc) is 3.48. The summed E-state index contributed by atoms with van der Waals surface area (Å²) in [5.74, 6) is 1.19. The van der Waals surface area contributed by atoms with Gasteiger partial charge in [-0.15, -0.1) is 0 Å². The van der Waals surface area contributed by atoms with Crippen LogP contribution in [0.3, 0.4) is 0 Å². The minimum absolute atomic E-state index is 0.110. The highest BCUT2D eigenvalue weighted by molar-refractivity contribution is 6.32. The zero-order valence-corrected chi connectivity index (χ0v) is 21.2. The molecule has 2 bridgehead atoms. The van der Waals surface area contributed by atoms with Gasteiger partial charge in [0.2, 0.25) is 5.88 Å². The molecule has 1 amide bonds. The highest BCUT2D eigenvalue weighted by Crippen LogP contribution is 2.49. The van der Waals surface area contributed by atoms with Gasteiger partial charge in [-0.25, -0.2) is 14.2 Å². The van der Waals surface area contributed by atoms with Gasteiger partial charge in [0.05, 0.1) is 28.4 Å². The maximum absolute atomic E-state index is 13.4. The van der Waals surface area contributed by atoms with Gasteiger partial charge in [-0.2, -0.15) is 5.26 Å². The van der Waals surface area contributed by atoms with Gasteiger partial charge in [0.1, 0.15) is 17.9 Å². The molecule has 0 spiro atoms. The first-order chi connectivity index (χ1) is 16.6. The number of ether oxygens (including phenoxy) is 1. The number of carbonyl (C=O) groups excluding carboxylic acids is 1. The molecule has 8 nitrogen and oxygen atoms in total. The normalized spacial score (nSPS) is 27.2. The lowest BCUT2D eigenvalue weighted by molar-refractivity contribution is -0.0118. The first kappa shape index (κ1) is 23.8. The number of carbonyl (C=O) groups is 1. The Morgan fingerprint density at radius 3 is 2.71 bits per heavy atom. The number of rotatable bonds is 3. The van der Waals surface area contributed by atoms with Gasteiger partial charge in [-0.1, -0.05) is 32.4 Å². The van der Waals surface area contributed by atoms with E-state index in [1.165, 1.54) is 10.6 Å². The summed E-state index contributed by atoms with van der Waals surface area (Å²) in [6.45, 7) is 8.70. The number of amides is 1. The van der Waals surface area contributed by atoms with Gasteiger partial charge in [-0.3, -0.25) is 9.47 Å². The molecule has 1 aromatic heterocycles. The Hall–Kier alpha value is -2.92. The fourth-order valence-corrected chi connectivity index (χ4v) is 6.51. The maximum atomic E-state index is 13.4. The molecule has 5 rings (SSSR count). The van der Waals surface area contributed by atoms with Crippen LogP contribution >= 0.6 is 11.6 Å². The van der Waals surface area contributed by atoms with Crippen LogP contribution in [0.25, 0.3) is 5.69 Å². The Bertz CT molecular complexity index is 1290. The van der Waals surface area contributed by atoms with Crippen LogP contribution in [0.4, 0.5) is 4.79 Å². The van der Waals surface area contributed by atoms with E-state index in [1.807, 2.05) is 6.07 Å². The fourth-order valence-electron chi connectivity index (χ4n) is 6.31. The lowest BCUT2D eigenvalue weighted by Crippen LogP contribution is -2.42. The maximum Gasteiger partial charge on any atom is 0.410 e. The molecule has 1 N–H and O–H groups in total. The summed E-state index contributed by atoms with van der Waals surface area (Å²) in [6.07, 6.45) is 3.06. The Balaban J connectivity index is 1.44. The Kier molecular flexibility index (Phi) is 5.87. The molecule has 2 aliphatic heterocycles. The molecule has 9 heteroatoms. The monoisotopic (exact) mass is 498 g/mol. The van der Waals surface area contributed by atoms with Crippen LogP contribution in [0.2, 0.25) is 5.02 Å². The standard InChI is InChI=1S/C26H31ClN4O4/c1-13(2)18-9-14(3)5-8-21(18)35-26(34)29-12-17-10-20(29)23-24(32)31(25(33)30(17)23)19-7-6-16(11-28)22(27)15(19)4/h6-7,13-14,17-18,20-21,32H,5,8-10,12H2,1-4H3/t14-,17?,18-,20?,21+/m1/s1. The van der Waals surface area contributed by atoms with Crippen LogP contribution in [0.15, 0.2) is 16.9 Å². The van der Waals surface area contributed by atoms with E-state index in [2.05, 4.69) is 20.8 Å². The largest absolute Gasteiger partial charge is 0.493 e. The Morgan fingerprint density at radius 2 is 2.03 bits per heavy atom. The van der Waals surface area contributed by atoms with Crippen molar-refractivity contribution in [2.24, 2.45) is 17.8 Å². The summed E-state index contributed by atoms with van der Waals surface area (Å²) in [4.78, 5) is 28.3. The molecule has 5 atom stereocenters. The van der Waals surface area contributed by atoms with E-state index in [9.17, 15) is 20.0 Å². The third kappa shape index (κ3) is 3.63. The number of likely N-dealkylation sites (tertiary alicyclic amines) is 1. The highest BCUT2D eigenvalue weighted by atomic mass is 35.5. The Morgan fingerprint density at radius 1 is 1.29 bits per heavy atom. The second-order valence-electron chi connectivity index (χ2n) is 10.7. The van der Waals surface area contributed by atoms with E-state index in [0.717, 1.165) is 19.3 Å². The molecule has 3 aliphatic rings. The fraction of sp³-hybridized carbons (Fsp3) is 0.577. The molecular formula is C26H31ClN4O4. The van der Waals surface area contributed by atoms with Gasteiger partial charge >= 0.3 is 11.8 Å². The number of halogens is 1. The molecule has 2 fully saturated rings. The van der Waals surface area contributed by atoms with Crippen LogP contribution in [0.5, 0.6) is 5.88 Å². The van der Waals surface area contributed by atoms with Crippen molar-refractivity contribution in [1.29, 1.82) is 5.26 Å². The molecule has 0 radical (unpaired) electrons. The van der Waals surface area contributed by atoms with E-state index in [4.69, 9.17) is 16.3 Å². The van der Waals surface area contributed by atoms with Gasteiger partial charge < -0.3 is 9.84 Å². The summed E-state index contributed by atoms with van der Waals surface area (Å²) in [5.41, 5.74) is 1.31. The molecule has 2 aromatic rings. The number of benzene rings is 1. The van der Waals surface area contributed by atoms with Gasteiger partial charge in [0.15, 0.2) is 0 Å². The molecule has 1 saturated heterocycles. The van der Waals surface area contributed by atoms with Gasteiger partial charge in [-0.05, 0) is 68.1 Å². The second kappa shape index (κ2) is 8.63. The quantitative estimate of drug-likeness (QED) is 0.636. The average molecular weight is 499 g/mol. The molecule has 3 heterocycles. The number of nitrogens with zero attached hydrogens (tertiary/aromatic N) is 4. The van der Waals surface area contributed by atoms with Gasteiger partial charge in [0.25, 0.3) is 0 Å². The van der Waals surface area contributed by atoms with E-state index in [-0.39, 0.29) is 34.8 Å². The van der Waals surface area contributed by atoms with Crippen molar-refractivity contribution in [3.05, 3.63) is 44.5 Å². The third-order valence-corrected chi connectivity index (χ3v) is 8.70. The zero-order chi connectivity index (χ0) is 25.2. The van der Waals surface area contributed by atoms with Crippen LogP contribution in [-0.4, -0.2) is 37.9 Å². The van der Waals surface area contributed by atoms with Crippen LogP contribution in [0.1, 0.15) is 75.4 Å². The summed E-state index contributed by atoms with van der Waals surface area (Å²) < 4.78 is 8.87. The molecular weight excluding hydrogens is 468 g/mol. The van der Waals surface area contributed by atoms with E-state index in [0.29, 0.717) is 53.2 Å². The molecule has 35 heavy (non-hydrogen) atoms. The number of imidazole rings is 1. The summed E-state index contributed by atoms with van der Waals surface area (Å²) in [6, 6.07) is 4.53. The van der Waals surface area contributed by atoms with Crippen LogP contribution < -0.4 is 5.69 Å². The van der Waals surface area contributed by atoms with E-state index >= 15 is 0 Å². The SMILES string of the molecule is Cc1c(-n2c(O)c3n(c2=O)C2CC3N(C(=O)O[C@H]3CC[C@@H](C)C[C@@H]3C(C)C)C2)ccc(C#N)c1Cl. The summed E-state index contributed by atoms with van der Waals surface area (Å²) >= 11 is 6.32. The Labute approximate surface area is 209 Å². The molecule has 1 aromatic carbocycles.